The molecule has 1 aliphatic heterocycles. The molecule has 3 heteroatoms. The Labute approximate surface area is 91.3 Å². The second-order valence-electron chi connectivity index (χ2n) is 4.67. The van der Waals surface area contributed by atoms with E-state index in [9.17, 15) is 0 Å². The van der Waals surface area contributed by atoms with Crippen LogP contribution in [-0.2, 0) is 0 Å². The Morgan fingerprint density at radius 3 is 2.53 bits per heavy atom. The number of nitrogens with one attached hydrogen (secondary N) is 1. The average molecular weight is 208 g/mol. The highest BCUT2D eigenvalue weighted by atomic mass is 16.4. The summed E-state index contributed by atoms with van der Waals surface area (Å²) in [5, 5.41) is 3.36. The van der Waals surface area contributed by atoms with Crippen LogP contribution in [0.5, 0.6) is 0 Å². The normalized spacial score (nSPS) is 18.7. The van der Waals surface area contributed by atoms with E-state index in [0.29, 0.717) is 11.8 Å². The fourth-order valence-electron chi connectivity index (χ4n) is 2.21. The van der Waals surface area contributed by atoms with Crippen molar-refractivity contribution in [2.24, 2.45) is 0 Å². The van der Waals surface area contributed by atoms with Crippen LogP contribution in [0.1, 0.15) is 55.9 Å². The Balaban J connectivity index is 2.17. The second kappa shape index (κ2) is 4.35. The van der Waals surface area contributed by atoms with Gasteiger partial charge in [0, 0.05) is 5.92 Å². The van der Waals surface area contributed by atoms with E-state index in [1.54, 1.807) is 0 Å². The van der Waals surface area contributed by atoms with Gasteiger partial charge in [-0.2, -0.15) is 0 Å². The first-order valence-corrected chi connectivity index (χ1v) is 5.86. The quantitative estimate of drug-likeness (QED) is 0.811. The topological polar surface area (TPSA) is 38.1 Å². The van der Waals surface area contributed by atoms with Crippen molar-refractivity contribution in [2.75, 3.05) is 13.1 Å². The molecule has 0 bridgehead atoms. The summed E-state index contributed by atoms with van der Waals surface area (Å²) >= 11 is 0. The maximum Gasteiger partial charge on any atom is 0.197 e. The van der Waals surface area contributed by atoms with Crippen molar-refractivity contribution in [3.05, 3.63) is 17.3 Å². The average Bonchev–Trinajstić information content (AvgIpc) is 2.62. The number of aromatic nitrogens is 1. The van der Waals surface area contributed by atoms with E-state index in [1.807, 2.05) is 6.92 Å². The van der Waals surface area contributed by atoms with Gasteiger partial charge < -0.3 is 9.73 Å². The summed E-state index contributed by atoms with van der Waals surface area (Å²) in [7, 11) is 0. The molecule has 1 saturated heterocycles. The zero-order valence-corrected chi connectivity index (χ0v) is 9.84. The number of rotatable bonds is 2. The van der Waals surface area contributed by atoms with Gasteiger partial charge in [0.1, 0.15) is 5.76 Å². The van der Waals surface area contributed by atoms with Crippen LogP contribution >= 0.6 is 0 Å². The number of oxazole rings is 1. The van der Waals surface area contributed by atoms with Crippen LogP contribution in [0.25, 0.3) is 0 Å². The maximum absolute atomic E-state index is 5.78. The van der Waals surface area contributed by atoms with Gasteiger partial charge in [-0.05, 0) is 38.8 Å². The summed E-state index contributed by atoms with van der Waals surface area (Å²) in [6.45, 7) is 8.52. The van der Waals surface area contributed by atoms with Crippen LogP contribution in [-0.4, -0.2) is 18.1 Å². The number of hydrogen-bond acceptors (Lipinski definition) is 3. The van der Waals surface area contributed by atoms with Gasteiger partial charge in [-0.25, -0.2) is 4.98 Å². The summed E-state index contributed by atoms with van der Waals surface area (Å²) in [5.41, 5.74) is 1.13. The Morgan fingerprint density at radius 1 is 1.33 bits per heavy atom. The molecule has 1 aromatic rings. The minimum absolute atomic E-state index is 0.462. The standard InChI is InChI=1S/C12H20N2O/c1-8(2)11-9(3)15-12(14-11)10-4-6-13-7-5-10/h8,10,13H,4-7H2,1-3H3. The van der Waals surface area contributed by atoms with Gasteiger partial charge in [0.25, 0.3) is 0 Å². The van der Waals surface area contributed by atoms with Gasteiger partial charge in [0.15, 0.2) is 5.89 Å². The molecule has 0 aromatic carbocycles. The van der Waals surface area contributed by atoms with Crippen molar-refractivity contribution < 1.29 is 4.42 Å². The van der Waals surface area contributed by atoms with Crippen LogP contribution in [0.15, 0.2) is 4.42 Å². The van der Waals surface area contributed by atoms with Gasteiger partial charge in [-0.1, -0.05) is 13.8 Å². The van der Waals surface area contributed by atoms with Crippen molar-refractivity contribution in [3.8, 4) is 0 Å². The Hall–Kier alpha value is -0.830. The fraction of sp³-hybridized carbons (Fsp3) is 0.750. The van der Waals surface area contributed by atoms with Gasteiger partial charge in [-0.3, -0.25) is 0 Å². The number of hydrogen-bond donors (Lipinski definition) is 1. The summed E-state index contributed by atoms with van der Waals surface area (Å²) in [6.07, 6.45) is 2.30. The molecule has 15 heavy (non-hydrogen) atoms. The molecule has 3 nitrogen and oxygen atoms in total. The van der Waals surface area contributed by atoms with Crippen molar-refractivity contribution in [3.63, 3.8) is 0 Å². The Bertz CT molecular complexity index is 324. The largest absolute Gasteiger partial charge is 0.445 e. The van der Waals surface area contributed by atoms with Crippen LogP contribution in [0.3, 0.4) is 0 Å². The van der Waals surface area contributed by atoms with Crippen LogP contribution in [0.2, 0.25) is 0 Å². The van der Waals surface area contributed by atoms with Crippen LogP contribution in [0.4, 0.5) is 0 Å². The van der Waals surface area contributed by atoms with E-state index >= 15 is 0 Å². The highest BCUT2D eigenvalue weighted by Gasteiger charge is 2.22. The summed E-state index contributed by atoms with van der Waals surface area (Å²) in [5.74, 6) is 2.94. The first-order valence-electron chi connectivity index (χ1n) is 5.86. The second-order valence-corrected chi connectivity index (χ2v) is 4.67. The summed E-state index contributed by atoms with van der Waals surface area (Å²) in [6, 6.07) is 0. The third kappa shape index (κ3) is 2.23. The molecule has 0 atom stereocenters. The third-order valence-electron chi connectivity index (χ3n) is 3.08. The first kappa shape index (κ1) is 10.7. The predicted octanol–water partition coefficient (Wildman–Crippen LogP) is 2.57. The molecule has 0 saturated carbocycles. The zero-order valence-electron chi connectivity index (χ0n) is 9.84. The minimum atomic E-state index is 0.462. The monoisotopic (exact) mass is 208 g/mol. The lowest BCUT2D eigenvalue weighted by Crippen LogP contribution is -2.26. The molecule has 0 aliphatic carbocycles. The lowest BCUT2D eigenvalue weighted by Gasteiger charge is -2.19. The van der Waals surface area contributed by atoms with Gasteiger partial charge >= 0.3 is 0 Å². The molecule has 84 valence electrons. The van der Waals surface area contributed by atoms with E-state index in [1.165, 1.54) is 0 Å². The fourth-order valence-corrected chi connectivity index (χ4v) is 2.21. The molecule has 1 aliphatic rings. The molecule has 0 radical (unpaired) electrons. The SMILES string of the molecule is Cc1oc(C2CCNCC2)nc1C(C)C. The van der Waals surface area contributed by atoms with Crippen LogP contribution < -0.4 is 5.32 Å². The predicted molar refractivity (Wildman–Crippen MR) is 60.2 cm³/mol. The summed E-state index contributed by atoms with van der Waals surface area (Å²) in [4.78, 5) is 4.64. The number of nitrogens with zero attached hydrogens (tertiary/aromatic N) is 1. The van der Waals surface area contributed by atoms with E-state index in [-0.39, 0.29) is 0 Å². The van der Waals surface area contributed by atoms with Crippen LogP contribution in [0, 0.1) is 6.92 Å². The molecule has 0 unspecified atom stereocenters. The van der Waals surface area contributed by atoms with Crippen molar-refractivity contribution >= 4 is 0 Å². The highest BCUT2D eigenvalue weighted by Crippen LogP contribution is 2.28. The van der Waals surface area contributed by atoms with Gasteiger partial charge in [0.2, 0.25) is 0 Å². The lowest BCUT2D eigenvalue weighted by atomic mass is 9.98. The summed E-state index contributed by atoms with van der Waals surface area (Å²) < 4.78 is 5.78. The lowest BCUT2D eigenvalue weighted by molar-refractivity contribution is 0.366. The molecule has 1 aromatic heterocycles. The van der Waals surface area contributed by atoms with E-state index in [4.69, 9.17) is 4.42 Å². The number of piperidine rings is 1. The van der Waals surface area contributed by atoms with Gasteiger partial charge in [-0.15, -0.1) is 0 Å². The zero-order chi connectivity index (χ0) is 10.8. The molecule has 2 rings (SSSR count). The maximum atomic E-state index is 5.78. The van der Waals surface area contributed by atoms with Crippen molar-refractivity contribution in [1.82, 2.24) is 10.3 Å². The Morgan fingerprint density at radius 2 is 2.00 bits per heavy atom. The van der Waals surface area contributed by atoms with Gasteiger partial charge in [0.05, 0.1) is 5.69 Å². The third-order valence-corrected chi connectivity index (χ3v) is 3.08. The van der Waals surface area contributed by atoms with Crippen molar-refractivity contribution in [1.29, 1.82) is 0 Å². The first-order chi connectivity index (χ1) is 7.18. The van der Waals surface area contributed by atoms with E-state index in [2.05, 4.69) is 24.1 Å². The highest BCUT2D eigenvalue weighted by molar-refractivity contribution is 5.14. The number of aryl methyl sites for hydroxylation is 1. The Kier molecular flexibility index (Phi) is 3.10. The molecular weight excluding hydrogens is 188 g/mol. The molecule has 1 N–H and O–H groups in total. The molecule has 0 spiro atoms. The molecule has 1 fully saturated rings. The van der Waals surface area contributed by atoms with E-state index < -0.39 is 0 Å². The molecular formula is C12H20N2O. The molecule has 2 heterocycles. The molecule has 0 amide bonds. The minimum Gasteiger partial charge on any atom is -0.445 e. The smallest absolute Gasteiger partial charge is 0.197 e. The van der Waals surface area contributed by atoms with Crippen molar-refractivity contribution in [2.45, 2.75) is 45.4 Å². The van der Waals surface area contributed by atoms with E-state index in [0.717, 1.165) is 43.3 Å².